The van der Waals surface area contributed by atoms with Gasteiger partial charge < -0.3 is 4.52 Å². The summed E-state index contributed by atoms with van der Waals surface area (Å²) >= 11 is 3.49. The summed E-state index contributed by atoms with van der Waals surface area (Å²) in [5.74, 6) is 1.47. The van der Waals surface area contributed by atoms with Gasteiger partial charge in [-0.3, -0.25) is 0 Å². The van der Waals surface area contributed by atoms with Crippen molar-refractivity contribution in [2.75, 3.05) is 0 Å². The van der Waals surface area contributed by atoms with E-state index >= 15 is 0 Å². The molecule has 1 aromatic carbocycles. The fourth-order valence-corrected chi connectivity index (χ4v) is 2.34. The van der Waals surface area contributed by atoms with Crippen LogP contribution >= 0.6 is 15.9 Å². The number of nitrogens with zero attached hydrogens (tertiary/aromatic N) is 3. The Morgan fingerprint density at radius 3 is 3.00 bits per heavy atom. The van der Waals surface area contributed by atoms with Gasteiger partial charge in [-0.2, -0.15) is 10.2 Å². The summed E-state index contributed by atoms with van der Waals surface area (Å²) in [6, 6.07) is 10.2. The lowest BCUT2D eigenvalue weighted by atomic mass is 10.1. The Hall–Kier alpha value is -1.67. The third-order valence-corrected chi connectivity index (χ3v) is 3.84. The Balaban J connectivity index is 1.75. The van der Waals surface area contributed by atoms with Crippen LogP contribution in [0.4, 0.5) is 0 Å². The first-order chi connectivity index (χ1) is 8.78. The number of rotatable bonds is 3. The molecule has 2 atom stereocenters. The average molecular weight is 304 g/mol. The van der Waals surface area contributed by atoms with Gasteiger partial charge in [0.15, 0.2) is 5.82 Å². The lowest BCUT2D eigenvalue weighted by Gasteiger charge is -1.99. The second-order valence-electron chi connectivity index (χ2n) is 4.39. The molecule has 1 saturated carbocycles. The predicted octanol–water partition coefficient (Wildman–Crippen LogP) is 3.05. The van der Waals surface area contributed by atoms with E-state index in [4.69, 9.17) is 9.78 Å². The third-order valence-electron chi connectivity index (χ3n) is 3.06. The normalized spacial score (nSPS) is 21.6. The third kappa shape index (κ3) is 2.16. The van der Waals surface area contributed by atoms with Crippen molar-refractivity contribution in [3.63, 3.8) is 0 Å². The molecule has 0 radical (unpaired) electrons. The van der Waals surface area contributed by atoms with E-state index in [1.165, 1.54) is 0 Å². The molecule has 1 fully saturated rings. The monoisotopic (exact) mass is 303 g/mol. The van der Waals surface area contributed by atoms with Crippen LogP contribution in [-0.4, -0.2) is 10.1 Å². The summed E-state index contributed by atoms with van der Waals surface area (Å²) in [6.07, 6.45) is 1.47. The summed E-state index contributed by atoms with van der Waals surface area (Å²) in [6.45, 7) is 0. The minimum atomic E-state index is 0.0572. The predicted molar refractivity (Wildman–Crippen MR) is 67.7 cm³/mol. The Kier molecular flexibility index (Phi) is 2.88. The van der Waals surface area contributed by atoms with Crippen molar-refractivity contribution >= 4 is 15.9 Å². The second kappa shape index (κ2) is 4.54. The van der Waals surface area contributed by atoms with Gasteiger partial charge in [0.25, 0.3) is 0 Å². The van der Waals surface area contributed by atoms with Crippen LogP contribution in [-0.2, 0) is 6.42 Å². The van der Waals surface area contributed by atoms with Gasteiger partial charge in [-0.1, -0.05) is 39.3 Å². The molecule has 1 aliphatic rings. The highest BCUT2D eigenvalue weighted by molar-refractivity contribution is 9.10. The zero-order chi connectivity index (χ0) is 12.5. The molecule has 1 heterocycles. The van der Waals surface area contributed by atoms with Crippen LogP contribution in [0.1, 0.15) is 29.6 Å². The highest BCUT2D eigenvalue weighted by Crippen LogP contribution is 2.46. The zero-order valence-electron chi connectivity index (χ0n) is 9.51. The van der Waals surface area contributed by atoms with Gasteiger partial charge in [0, 0.05) is 10.9 Å². The van der Waals surface area contributed by atoms with Gasteiger partial charge in [0.05, 0.1) is 17.9 Å². The lowest BCUT2D eigenvalue weighted by molar-refractivity contribution is 0.373. The van der Waals surface area contributed by atoms with Crippen LogP contribution in [0.15, 0.2) is 33.3 Å². The molecule has 0 N–H and O–H groups in total. The minimum absolute atomic E-state index is 0.0572. The first-order valence-electron chi connectivity index (χ1n) is 5.73. The van der Waals surface area contributed by atoms with Crippen molar-refractivity contribution in [2.24, 2.45) is 5.92 Å². The number of hydrogen-bond acceptors (Lipinski definition) is 4. The molecule has 5 heteroatoms. The molecule has 18 heavy (non-hydrogen) atoms. The first-order valence-corrected chi connectivity index (χ1v) is 6.52. The molecule has 0 aliphatic heterocycles. The van der Waals surface area contributed by atoms with Gasteiger partial charge in [-0.15, -0.1) is 0 Å². The van der Waals surface area contributed by atoms with Crippen LogP contribution in [0, 0.1) is 17.2 Å². The van der Waals surface area contributed by atoms with Crippen molar-refractivity contribution in [2.45, 2.75) is 18.8 Å². The van der Waals surface area contributed by atoms with Crippen LogP contribution in [0.25, 0.3) is 0 Å². The topological polar surface area (TPSA) is 62.7 Å². The van der Waals surface area contributed by atoms with Gasteiger partial charge >= 0.3 is 0 Å². The van der Waals surface area contributed by atoms with Crippen molar-refractivity contribution in [3.05, 3.63) is 46.0 Å². The van der Waals surface area contributed by atoms with Crippen LogP contribution in [0.5, 0.6) is 0 Å². The molecule has 3 rings (SSSR count). The number of hydrogen-bond donors (Lipinski definition) is 0. The smallest absolute Gasteiger partial charge is 0.231 e. The Bertz CT molecular complexity index is 617. The first kappa shape index (κ1) is 11.4. The standard InChI is InChI=1S/C13H10BrN3O/c14-11-4-2-1-3-8(11)6-12-16-13(18-17-12)10-5-9(10)7-15/h1-4,9-10H,5-6H2. The van der Waals surface area contributed by atoms with Gasteiger partial charge in [0.2, 0.25) is 5.89 Å². The Morgan fingerprint density at radius 2 is 2.28 bits per heavy atom. The van der Waals surface area contributed by atoms with Crippen molar-refractivity contribution in [3.8, 4) is 6.07 Å². The summed E-state index contributed by atoms with van der Waals surface area (Å²) in [5, 5.41) is 12.7. The van der Waals surface area contributed by atoms with Gasteiger partial charge in [0.1, 0.15) is 0 Å². The molecule has 4 nitrogen and oxygen atoms in total. The Morgan fingerprint density at radius 1 is 1.44 bits per heavy atom. The molecule has 1 aliphatic carbocycles. The zero-order valence-corrected chi connectivity index (χ0v) is 11.1. The maximum Gasteiger partial charge on any atom is 0.231 e. The largest absolute Gasteiger partial charge is 0.339 e. The average Bonchev–Trinajstić information content (AvgIpc) is 3.04. The minimum Gasteiger partial charge on any atom is -0.339 e. The van der Waals surface area contributed by atoms with Crippen molar-refractivity contribution < 1.29 is 4.52 Å². The fraction of sp³-hybridized carbons (Fsp3) is 0.308. The Labute approximate surface area is 113 Å². The van der Waals surface area contributed by atoms with Gasteiger partial charge in [-0.25, -0.2) is 0 Å². The molecule has 0 spiro atoms. The number of benzene rings is 1. The molecule has 2 aromatic rings. The number of halogens is 1. The van der Waals surface area contributed by atoms with E-state index in [9.17, 15) is 0 Å². The molecular formula is C13H10BrN3O. The van der Waals surface area contributed by atoms with Crippen LogP contribution in [0.2, 0.25) is 0 Å². The van der Waals surface area contributed by atoms with Crippen LogP contribution in [0.3, 0.4) is 0 Å². The van der Waals surface area contributed by atoms with Crippen molar-refractivity contribution in [1.29, 1.82) is 5.26 Å². The fourth-order valence-electron chi connectivity index (χ4n) is 1.91. The lowest BCUT2D eigenvalue weighted by Crippen LogP contribution is -1.92. The van der Waals surface area contributed by atoms with E-state index in [-0.39, 0.29) is 11.8 Å². The van der Waals surface area contributed by atoms with E-state index < -0.39 is 0 Å². The highest BCUT2D eigenvalue weighted by Gasteiger charge is 2.43. The molecular weight excluding hydrogens is 294 g/mol. The summed E-state index contributed by atoms with van der Waals surface area (Å²) in [7, 11) is 0. The van der Waals surface area contributed by atoms with Crippen LogP contribution < -0.4 is 0 Å². The molecule has 1 aromatic heterocycles. The number of aromatic nitrogens is 2. The highest BCUT2D eigenvalue weighted by atomic mass is 79.9. The maximum absolute atomic E-state index is 8.77. The molecule has 2 unspecified atom stereocenters. The van der Waals surface area contributed by atoms with E-state index in [2.05, 4.69) is 32.1 Å². The summed E-state index contributed by atoms with van der Waals surface area (Å²) in [4.78, 5) is 4.36. The second-order valence-corrected chi connectivity index (χ2v) is 5.25. The molecule has 0 amide bonds. The summed E-state index contributed by atoms with van der Waals surface area (Å²) in [5.41, 5.74) is 1.12. The van der Waals surface area contributed by atoms with Crippen molar-refractivity contribution in [1.82, 2.24) is 10.1 Å². The quantitative estimate of drug-likeness (QED) is 0.874. The van der Waals surface area contributed by atoms with Gasteiger partial charge in [-0.05, 0) is 18.1 Å². The van der Waals surface area contributed by atoms with E-state index in [1.807, 2.05) is 24.3 Å². The molecule has 0 bridgehead atoms. The maximum atomic E-state index is 8.77. The van der Waals surface area contributed by atoms with E-state index in [0.717, 1.165) is 16.5 Å². The SMILES string of the molecule is N#CC1CC1c1nc(Cc2ccccc2Br)no1. The molecule has 0 saturated heterocycles. The van der Waals surface area contributed by atoms with E-state index in [0.29, 0.717) is 18.1 Å². The summed E-state index contributed by atoms with van der Waals surface area (Å²) < 4.78 is 6.24. The van der Waals surface area contributed by atoms with E-state index in [1.54, 1.807) is 0 Å². The molecule has 90 valence electrons. The number of nitriles is 1.